The largest absolute Gasteiger partial charge is 0.0844 e. The van der Waals surface area contributed by atoms with Gasteiger partial charge in [0.1, 0.15) is 0 Å². The second-order valence-electron chi connectivity index (χ2n) is 11.2. The van der Waals surface area contributed by atoms with E-state index in [1.54, 1.807) is 22.3 Å². The normalized spacial score (nSPS) is 23.1. The van der Waals surface area contributed by atoms with Crippen LogP contribution in [0.2, 0.25) is 11.6 Å². The molecule has 0 saturated carbocycles. The van der Waals surface area contributed by atoms with E-state index < -0.39 is 8.07 Å². The molecule has 0 N–H and O–H groups in total. The predicted octanol–water partition coefficient (Wildman–Crippen LogP) is 9.61. The number of unbranched alkanes of at least 4 members (excludes halogenated alkanes) is 6. The minimum atomic E-state index is -1.78. The van der Waals surface area contributed by atoms with Crippen LogP contribution in [0.3, 0.4) is 0 Å². The van der Waals surface area contributed by atoms with Crippen LogP contribution in [0.1, 0.15) is 104 Å². The highest BCUT2D eigenvalue weighted by molar-refractivity contribution is 6.84. The highest BCUT2D eigenvalue weighted by Crippen LogP contribution is 2.57. The Kier molecular flexibility index (Phi) is 7.89. The summed E-state index contributed by atoms with van der Waals surface area (Å²) >= 11 is 0. The van der Waals surface area contributed by atoms with Crippen molar-refractivity contribution in [2.24, 2.45) is 0 Å². The van der Waals surface area contributed by atoms with E-state index in [9.17, 15) is 0 Å². The van der Waals surface area contributed by atoms with Crippen LogP contribution in [0.5, 0.6) is 0 Å². The summed E-state index contributed by atoms with van der Waals surface area (Å²) in [5.41, 5.74) is 9.06. The van der Waals surface area contributed by atoms with E-state index in [4.69, 9.17) is 0 Å². The molecule has 0 radical (unpaired) electrons. The third-order valence-corrected chi connectivity index (χ3v) is 16.0. The minimum absolute atomic E-state index is 0.689. The molecule has 2 aromatic rings. The zero-order valence-electron chi connectivity index (χ0n) is 21.4. The number of benzene rings is 2. The van der Waals surface area contributed by atoms with Crippen molar-refractivity contribution >= 4 is 8.07 Å². The minimum Gasteiger partial charge on any atom is -0.0844 e. The number of hydrogen-bond donors (Lipinski definition) is 0. The van der Waals surface area contributed by atoms with E-state index >= 15 is 0 Å². The van der Waals surface area contributed by atoms with Gasteiger partial charge in [-0.05, 0) is 71.0 Å². The van der Waals surface area contributed by atoms with Gasteiger partial charge in [-0.2, -0.15) is 0 Å². The van der Waals surface area contributed by atoms with Gasteiger partial charge in [0.25, 0.3) is 0 Å². The monoisotopic (exact) mass is 468 g/mol. The van der Waals surface area contributed by atoms with Crippen LogP contribution in [-0.4, -0.2) is 8.07 Å². The summed E-state index contributed by atoms with van der Waals surface area (Å²) in [7, 11) is -1.78. The summed E-state index contributed by atoms with van der Waals surface area (Å²) < 4.78 is 0. The van der Waals surface area contributed by atoms with E-state index in [2.05, 4.69) is 79.8 Å². The van der Waals surface area contributed by atoms with E-state index in [-0.39, 0.29) is 0 Å². The lowest BCUT2D eigenvalue weighted by molar-refractivity contribution is 0.595. The van der Waals surface area contributed by atoms with Crippen LogP contribution in [0.4, 0.5) is 0 Å². The molecule has 5 rings (SSSR count). The molecule has 3 aliphatic carbocycles. The van der Waals surface area contributed by atoms with Crippen LogP contribution in [0.15, 0.2) is 72.8 Å². The van der Waals surface area contributed by atoms with Crippen molar-refractivity contribution < 1.29 is 0 Å². The third-order valence-electron chi connectivity index (χ3n) is 9.36. The fraction of sp³-hybridized carbons (Fsp3) is 0.515. The molecule has 2 aromatic carbocycles. The standard InChI is InChI=1S/C33H44Si/c1-2-3-4-5-6-7-15-26-34(29-18-9-8-10-19-29,32-24-22-27-16-11-13-20-30(27)32)33-25-23-28-17-12-14-21-31(28)33/h9-14,16-21,29,32-33H,2-8,15,22-26H2,1H3. The number of allylic oxidation sites excluding steroid dienone is 4. The van der Waals surface area contributed by atoms with Crippen molar-refractivity contribution in [1.29, 1.82) is 0 Å². The fourth-order valence-corrected chi connectivity index (χ4v) is 15.2. The molecule has 0 spiro atoms. The summed E-state index contributed by atoms with van der Waals surface area (Å²) in [6.07, 6.45) is 26.7. The lowest BCUT2D eigenvalue weighted by Gasteiger charge is -2.48. The summed E-state index contributed by atoms with van der Waals surface area (Å²) in [5.74, 6) is 0. The van der Waals surface area contributed by atoms with Crippen molar-refractivity contribution in [1.82, 2.24) is 0 Å². The Bertz CT molecular complexity index is 932. The molecule has 0 saturated heterocycles. The molecule has 180 valence electrons. The maximum Gasteiger partial charge on any atom is 0.0796 e. The van der Waals surface area contributed by atoms with Crippen LogP contribution in [0, 0.1) is 0 Å². The van der Waals surface area contributed by atoms with Crippen molar-refractivity contribution in [3.05, 3.63) is 95.1 Å². The van der Waals surface area contributed by atoms with E-state index in [1.165, 1.54) is 76.7 Å². The highest BCUT2D eigenvalue weighted by Gasteiger charge is 2.54. The van der Waals surface area contributed by atoms with Gasteiger partial charge in [-0.25, -0.2) is 0 Å². The van der Waals surface area contributed by atoms with Crippen LogP contribution >= 0.6 is 0 Å². The van der Waals surface area contributed by atoms with E-state index in [0.717, 1.165) is 17.5 Å². The van der Waals surface area contributed by atoms with E-state index in [1.807, 2.05) is 0 Å². The van der Waals surface area contributed by atoms with Gasteiger partial charge < -0.3 is 0 Å². The molecule has 2 unspecified atom stereocenters. The maximum absolute atomic E-state index is 2.66. The molecule has 0 nitrogen and oxygen atoms in total. The van der Waals surface area contributed by atoms with Crippen LogP contribution in [-0.2, 0) is 12.8 Å². The van der Waals surface area contributed by atoms with Crippen molar-refractivity contribution in [3.8, 4) is 0 Å². The third kappa shape index (κ3) is 4.65. The average molecular weight is 469 g/mol. The van der Waals surface area contributed by atoms with Gasteiger partial charge in [0.15, 0.2) is 0 Å². The summed E-state index contributed by atoms with van der Waals surface area (Å²) in [6.45, 7) is 2.32. The molecule has 0 amide bonds. The van der Waals surface area contributed by atoms with Gasteiger partial charge in [-0.15, -0.1) is 0 Å². The molecule has 0 aromatic heterocycles. The first-order chi connectivity index (χ1) is 16.8. The Hall–Kier alpha value is -1.86. The number of aryl methyl sites for hydroxylation is 2. The Morgan fingerprint density at radius 2 is 1.21 bits per heavy atom. The Morgan fingerprint density at radius 1 is 0.676 bits per heavy atom. The van der Waals surface area contributed by atoms with Gasteiger partial charge >= 0.3 is 0 Å². The second-order valence-corrected chi connectivity index (χ2v) is 16.0. The molecule has 34 heavy (non-hydrogen) atoms. The Morgan fingerprint density at radius 3 is 1.79 bits per heavy atom. The summed E-state index contributed by atoms with van der Waals surface area (Å²) in [4.78, 5) is 0. The summed E-state index contributed by atoms with van der Waals surface area (Å²) in [6, 6.07) is 20.6. The topological polar surface area (TPSA) is 0 Å². The Balaban J connectivity index is 1.51. The number of fused-ring (bicyclic) bond motifs is 2. The number of hydrogen-bond acceptors (Lipinski definition) is 0. The quantitative estimate of drug-likeness (QED) is 0.175. The van der Waals surface area contributed by atoms with Crippen LogP contribution < -0.4 is 0 Å². The average Bonchev–Trinajstić information content (AvgIpc) is 3.52. The first kappa shape index (κ1) is 23.9. The van der Waals surface area contributed by atoms with Gasteiger partial charge in [0.05, 0.1) is 8.07 Å². The van der Waals surface area contributed by atoms with Crippen LogP contribution in [0.25, 0.3) is 0 Å². The molecule has 0 bridgehead atoms. The molecule has 0 heterocycles. The molecular weight excluding hydrogens is 424 g/mol. The predicted molar refractivity (Wildman–Crippen MR) is 150 cm³/mol. The van der Waals surface area contributed by atoms with Crippen molar-refractivity contribution in [3.63, 3.8) is 0 Å². The van der Waals surface area contributed by atoms with Gasteiger partial charge in [0.2, 0.25) is 0 Å². The van der Waals surface area contributed by atoms with Gasteiger partial charge in [-0.1, -0.05) is 131 Å². The molecule has 1 heteroatoms. The maximum atomic E-state index is 2.66. The SMILES string of the molecule is CCCCCCCCC[Si](C1C=CCC=C1)(C1CCc2ccccc21)C1CCc2ccccc21. The first-order valence-corrected chi connectivity index (χ1v) is 16.8. The van der Waals surface area contributed by atoms with Gasteiger partial charge in [0, 0.05) is 0 Å². The zero-order chi connectivity index (χ0) is 23.2. The second kappa shape index (κ2) is 11.3. The number of rotatable bonds is 11. The molecule has 0 fully saturated rings. The van der Waals surface area contributed by atoms with Crippen molar-refractivity contribution in [2.75, 3.05) is 0 Å². The summed E-state index contributed by atoms with van der Waals surface area (Å²) in [5, 5.41) is 0. The lowest BCUT2D eigenvalue weighted by Crippen LogP contribution is -2.50. The zero-order valence-corrected chi connectivity index (χ0v) is 22.4. The highest BCUT2D eigenvalue weighted by atomic mass is 28.3. The molecule has 0 aliphatic heterocycles. The molecule has 3 aliphatic rings. The first-order valence-electron chi connectivity index (χ1n) is 14.3. The fourth-order valence-electron chi connectivity index (χ4n) is 7.79. The lowest BCUT2D eigenvalue weighted by atomic mass is 10.1. The Labute approximate surface area is 209 Å². The van der Waals surface area contributed by atoms with Gasteiger partial charge in [-0.3, -0.25) is 0 Å². The van der Waals surface area contributed by atoms with E-state index in [0.29, 0.717) is 5.54 Å². The molecule has 2 atom stereocenters. The molecular formula is C33H44Si. The smallest absolute Gasteiger partial charge is 0.0796 e. The van der Waals surface area contributed by atoms with Crippen molar-refractivity contribution in [2.45, 2.75) is 107 Å².